The first kappa shape index (κ1) is 14.3. The molecule has 1 unspecified atom stereocenters. The van der Waals surface area contributed by atoms with Gasteiger partial charge >= 0.3 is 6.09 Å². The maximum absolute atomic E-state index is 11.4. The molecule has 1 aliphatic carbocycles. The number of nitrogens with one attached hydrogen (secondary N) is 2. The highest BCUT2D eigenvalue weighted by Crippen LogP contribution is 2.44. The van der Waals surface area contributed by atoms with Gasteiger partial charge in [-0.25, -0.2) is 4.79 Å². The Morgan fingerprint density at radius 2 is 2.00 bits per heavy atom. The molecule has 0 saturated heterocycles. The SMILES string of the molecule is CC(CNC(=O)OC(C)(C)C)NCC1(C)CC1. The average molecular weight is 242 g/mol. The van der Waals surface area contributed by atoms with Crippen molar-refractivity contribution in [1.29, 1.82) is 0 Å². The van der Waals surface area contributed by atoms with Crippen molar-refractivity contribution in [2.24, 2.45) is 5.41 Å². The highest BCUT2D eigenvalue weighted by molar-refractivity contribution is 5.67. The van der Waals surface area contributed by atoms with E-state index in [1.54, 1.807) is 0 Å². The Kier molecular flexibility index (Phi) is 4.42. The summed E-state index contributed by atoms with van der Waals surface area (Å²) in [4.78, 5) is 11.4. The van der Waals surface area contributed by atoms with Crippen LogP contribution in [0.2, 0.25) is 0 Å². The molecule has 1 atom stereocenters. The van der Waals surface area contributed by atoms with Crippen molar-refractivity contribution in [2.45, 2.75) is 59.1 Å². The van der Waals surface area contributed by atoms with E-state index < -0.39 is 5.60 Å². The van der Waals surface area contributed by atoms with Gasteiger partial charge in [-0.2, -0.15) is 0 Å². The molecule has 4 heteroatoms. The number of carbonyl (C=O) groups is 1. The lowest BCUT2D eigenvalue weighted by Crippen LogP contribution is -2.42. The van der Waals surface area contributed by atoms with Gasteiger partial charge in [0.2, 0.25) is 0 Å². The molecule has 2 N–H and O–H groups in total. The second-order valence-corrected chi connectivity index (χ2v) is 6.48. The zero-order valence-electron chi connectivity index (χ0n) is 11.7. The largest absolute Gasteiger partial charge is 0.444 e. The summed E-state index contributed by atoms with van der Waals surface area (Å²) in [6.07, 6.45) is 2.28. The molecule has 1 fully saturated rings. The first-order chi connectivity index (χ1) is 7.70. The van der Waals surface area contributed by atoms with E-state index in [0.717, 1.165) is 6.54 Å². The van der Waals surface area contributed by atoms with Crippen LogP contribution in [0.25, 0.3) is 0 Å². The van der Waals surface area contributed by atoms with E-state index in [-0.39, 0.29) is 12.1 Å². The van der Waals surface area contributed by atoms with Gasteiger partial charge in [-0.1, -0.05) is 6.92 Å². The Morgan fingerprint density at radius 3 is 2.47 bits per heavy atom. The molecule has 1 amide bonds. The molecule has 0 radical (unpaired) electrons. The number of hydrogen-bond donors (Lipinski definition) is 2. The summed E-state index contributed by atoms with van der Waals surface area (Å²) in [7, 11) is 0. The van der Waals surface area contributed by atoms with Crippen molar-refractivity contribution in [1.82, 2.24) is 10.6 Å². The van der Waals surface area contributed by atoms with Crippen LogP contribution in [0.3, 0.4) is 0 Å². The number of ether oxygens (including phenoxy) is 1. The van der Waals surface area contributed by atoms with E-state index in [4.69, 9.17) is 4.74 Å². The minimum atomic E-state index is -0.428. The lowest BCUT2D eigenvalue weighted by atomic mass is 10.1. The fourth-order valence-corrected chi connectivity index (χ4v) is 1.43. The smallest absolute Gasteiger partial charge is 0.407 e. The van der Waals surface area contributed by atoms with Crippen LogP contribution in [0.1, 0.15) is 47.5 Å². The van der Waals surface area contributed by atoms with E-state index in [9.17, 15) is 4.79 Å². The van der Waals surface area contributed by atoms with E-state index in [0.29, 0.717) is 12.0 Å². The zero-order valence-corrected chi connectivity index (χ0v) is 11.7. The maximum atomic E-state index is 11.4. The third-order valence-corrected chi connectivity index (χ3v) is 2.93. The number of rotatable bonds is 5. The Labute approximate surface area is 104 Å². The molecular formula is C13H26N2O2. The van der Waals surface area contributed by atoms with Crippen LogP contribution in [0.15, 0.2) is 0 Å². The first-order valence-corrected chi connectivity index (χ1v) is 6.40. The summed E-state index contributed by atoms with van der Waals surface area (Å²) in [6, 6.07) is 0.278. The summed E-state index contributed by atoms with van der Waals surface area (Å²) in [5.41, 5.74) is 0.0718. The van der Waals surface area contributed by atoms with Crippen LogP contribution in [-0.4, -0.2) is 30.8 Å². The molecule has 4 nitrogen and oxygen atoms in total. The molecule has 0 aromatic rings. The summed E-state index contributed by atoms with van der Waals surface area (Å²) in [5, 5.41) is 6.20. The summed E-state index contributed by atoms with van der Waals surface area (Å²) < 4.78 is 5.17. The molecule has 0 aromatic carbocycles. The van der Waals surface area contributed by atoms with Crippen LogP contribution in [0, 0.1) is 5.41 Å². The fourth-order valence-electron chi connectivity index (χ4n) is 1.43. The van der Waals surface area contributed by atoms with Gasteiger partial charge in [-0.05, 0) is 46.0 Å². The summed E-state index contributed by atoms with van der Waals surface area (Å²) in [6.45, 7) is 11.6. The first-order valence-electron chi connectivity index (χ1n) is 6.40. The summed E-state index contributed by atoms with van der Waals surface area (Å²) in [5.74, 6) is 0. The second kappa shape index (κ2) is 5.25. The minimum absolute atomic E-state index is 0.278. The van der Waals surface area contributed by atoms with Gasteiger partial charge in [0.05, 0.1) is 0 Å². The lowest BCUT2D eigenvalue weighted by Gasteiger charge is -2.21. The van der Waals surface area contributed by atoms with Gasteiger partial charge in [0.1, 0.15) is 5.60 Å². The second-order valence-electron chi connectivity index (χ2n) is 6.48. The van der Waals surface area contributed by atoms with Crippen molar-refractivity contribution >= 4 is 6.09 Å². The molecular weight excluding hydrogens is 216 g/mol. The van der Waals surface area contributed by atoms with Crippen LogP contribution in [-0.2, 0) is 4.74 Å². The van der Waals surface area contributed by atoms with Gasteiger partial charge in [-0.3, -0.25) is 0 Å². The normalized spacial score (nSPS) is 19.6. The average Bonchev–Trinajstić information content (AvgIpc) is 2.88. The molecule has 0 bridgehead atoms. The zero-order chi connectivity index (χ0) is 13.1. The Morgan fingerprint density at radius 1 is 1.41 bits per heavy atom. The Bertz CT molecular complexity index is 267. The molecule has 1 rings (SSSR count). The van der Waals surface area contributed by atoms with Crippen molar-refractivity contribution in [2.75, 3.05) is 13.1 Å². The van der Waals surface area contributed by atoms with Crippen molar-refractivity contribution in [3.8, 4) is 0 Å². The lowest BCUT2D eigenvalue weighted by molar-refractivity contribution is 0.0523. The van der Waals surface area contributed by atoms with Gasteiger partial charge < -0.3 is 15.4 Å². The molecule has 100 valence electrons. The van der Waals surface area contributed by atoms with E-state index in [1.807, 2.05) is 20.8 Å². The third kappa shape index (κ3) is 6.51. The maximum Gasteiger partial charge on any atom is 0.407 e. The van der Waals surface area contributed by atoms with Crippen molar-refractivity contribution in [3.05, 3.63) is 0 Å². The topological polar surface area (TPSA) is 50.4 Å². The number of carbonyl (C=O) groups excluding carboxylic acids is 1. The molecule has 0 heterocycles. The number of alkyl carbamates (subject to hydrolysis) is 1. The summed E-state index contributed by atoms with van der Waals surface area (Å²) >= 11 is 0. The Balaban J connectivity index is 2.10. The van der Waals surface area contributed by atoms with Crippen molar-refractivity contribution in [3.63, 3.8) is 0 Å². The standard InChI is InChI=1S/C13H26N2O2/c1-10(15-9-13(5)6-7-13)8-14-11(16)17-12(2,3)4/h10,15H,6-9H2,1-5H3,(H,14,16). The quantitative estimate of drug-likeness (QED) is 0.777. The van der Waals surface area contributed by atoms with Crippen LogP contribution >= 0.6 is 0 Å². The van der Waals surface area contributed by atoms with E-state index >= 15 is 0 Å². The number of hydrogen-bond acceptors (Lipinski definition) is 3. The Hall–Kier alpha value is -0.770. The molecule has 1 aliphatic rings. The third-order valence-electron chi connectivity index (χ3n) is 2.93. The highest BCUT2D eigenvalue weighted by Gasteiger charge is 2.36. The monoisotopic (exact) mass is 242 g/mol. The molecule has 0 spiro atoms. The van der Waals surface area contributed by atoms with Gasteiger partial charge in [0.15, 0.2) is 0 Å². The predicted molar refractivity (Wildman–Crippen MR) is 69.0 cm³/mol. The van der Waals surface area contributed by atoms with E-state index in [2.05, 4.69) is 24.5 Å². The minimum Gasteiger partial charge on any atom is -0.444 e. The predicted octanol–water partition coefficient (Wildman–Crippen LogP) is 2.29. The van der Waals surface area contributed by atoms with Gasteiger partial charge in [0.25, 0.3) is 0 Å². The molecule has 0 aliphatic heterocycles. The fraction of sp³-hybridized carbons (Fsp3) is 0.923. The van der Waals surface area contributed by atoms with E-state index in [1.165, 1.54) is 12.8 Å². The van der Waals surface area contributed by atoms with Crippen LogP contribution in [0.4, 0.5) is 4.79 Å². The molecule has 0 aromatic heterocycles. The molecule has 1 saturated carbocycles. The van der Waals surface area contributed by atoms with Crippen LogP contribution in [0.5, 0.6) is 0 Å². The van der Waals surface area contributed by atoms with Crippen molar-refractivity contribution < 1.29 is 9.53 Å². The van der Waals surface area contributed by atoms with Gasteiger partial charge in [-0.15, -0.1) is 0 Å². The number of amides is 1. The van der Waals surface area contributed by atoms with Crippen LogP contribution < -0.4 is 10.6 Å². The highest BCUT2D eigenvalue weighted by atomic mass is 16.6. The van der Waals surface area contributed by atoms with Gasteiger partial charge in [0, 0.05) is 19.1 Å². The molecule has 17 heavy (non-hydrogen) atoms.